The number of carbonyl (C=O) groups excluding carboxylic acids is 1. The Morgan fingerprint density at radius 1 is 0.639 bits per heavy atom. The maximum Gasteiger partial charge on any atom is 0.185 e. The molecule has 0 atom stereocenters. The second-order valence-electron chi connectivity index (χ2n) is 10.2. The molecule has 0 spiro atoms. The number of rotatable bonds is 21. The van der Waals surface area contributed by atoms with E-state index in [0.29, 0.717) is 0 Å². The van der Waals surface area contributed by atoms with Crippen LogP contribution >= 0.6 is 11.8 Å². The van der Waals surface area contributed by atoms with Crippen LogP contribution in [0.25, 0.3) is 6.08 Å². The number of thioether (sulfide) groups is 1. The molecule has 1 nitrogen and oxygen atoms in total. The molecular weight excluding hydrogens is 456 g/mol. The fourth-order valence-electron chi connectivity index (χ4n) is 4.70. The van der Waals surface area contributed by atoms with Gasteiger partial charge in [0.05, 0.1) is 0 Å². The molecule has 0 unspecified atom stereocenters. The van der Waals surface area contributed by atoms with Gasteiger partial charge in [-0.05, 0) is 48.4 Å². The van der Waals surface area contributed by atoms with Crippen molar-refractivity contribution in [3.8, 4) is 0 Å². The van der Waals surface area contributed by atoms with Crippen LogP contribution in [0.4, 0.5) is 0 Å². The summed E-state index contributed by atoms with van der Waals surface area (Å²) in [7, 11) is 0. The molecule has 0 aromatic heterocycles. The molecule has 0 fully saturated rings. The third-order valence-electron chi connectivity index (χ3n) is 7.10. The fraction of sp³-hybridized carbons (Fsp3) is 0.559. The van der Waals surface area contributed by atoms with Crippen molar-refractivity contribution in [1.29, 1.82) is 0 Å². The number of allylic oxidation sites excluding steroid dienone is 1. The standard InChI is InChI=1S/C34H50OS/c1-3-4-5-6-7-8-9-10-11-12-13-14-15-16-17-18-19-30-20-25-32(26-21-30)34(35)29-24-31-22-27-33(36-2)28-23-31/h20-29H,3-19H2,1-2H3/b29-24+. The van der Waals surface area contributed by atoms with Gasteiger partial charge in [0.25, 0.3) is 0 Å². The van der Waals surface area contributed by atoms with Crippen molar-refractivity contribution in [2.24, 2.45) is 0 Å². The summed E-state index contributed by atoms with van der Waals surface area (Å²) in [6, 6.07) is 16.5. The highest BCUT2D eigenvalue weighted by molar-refractivity contribution is 7.98. The number of aryl methyl sites for hydroxylation is 1. The number of ketones is 1. The van der Waals surface area contributed by atoms with Crippen LogP contribution in [0, 0.1) is 0 Å². The van der Waals surface area contributed by atoms with Gasteiger partial charge in [0.15, 0.2) is 5.78 Å². The molecule has 2 heteroatoms. The quantitative estimate of drug-likeness (QED) is 0.0724. The van der Waals surface area contributed by atoms with E-state index in [0.717, 1.165) is 17.5 Å². The van der Waals surface area contributed by atoms with Gasteiger partial charge in [0.2, 0.25) is 0 Å². The summed E-state index contributed by atoms with van der Waals surface area (Å²) >= 11 is 1.73. The van der Waals surface area contributed by atoms with Gasteiger partial charge < -0.3 is 0 Å². The second-order valence-corrected chi connectivity index (χ2v) is 11.1. The smallest absolute Gasteiger partial charge is 0.185 e. The maximum absolute atomic E-state index is 12.5. The molecule has 0 amide bonds. The number of unbranched alkanes of at least 4 members (excludes halogenated alkanes) is 15. The Kier molecular flexibility index (Phi) is 17.1. The van der Waals surface area contributed by atoms with Crippen molar-refractivity contribution in [2.75, 3.05) is 6.26 Å². The van der Waals surface area contributed by atoms with Crippen LogP contribution in [0.5, 0.6) is 0 Å². The Hall–Kier alpha value is -1.80. The van der Waals surface area contributed by atoms with E-state index >= 15 is 0 Å². The SMILES string of the molecule is CCCCCCCCCCCCCCCCCCc1ccc(C(=O)/C=C/c2ccc(SC)cc2)cc1. The first-order valence-corrected chi connectivity index (χ1v) is 15.9. The van der Waals surface area contributed by atoms with Crippen molar-refractivity contribution in [3.05, 3.63) is 71.3 Å². The van der Waals surface area contributed by atoms with Gasteiger partial charge in [0.1, 0.15) is 0 Å². The second kappa shape index (κ2) is 20.3. The van der Waals surface area contributed by atoms with Crippen LogP contribution in [0.2, 0.25) is 0 Å². The summed E-state index contributed by atoms with van der Waals surface area (Å²) in [5, 5.41) is 0. The number of hydrogen-bond donors (Lipinski definition) is 0. The first-order chi connectivity index (χ1) is 17.7. The molecule has 2 aromatic rings. The summed E-state index contributed by atoms with van der Waals surface area (Å²) in [5.74, 6) is 0.0675. The maximum atomic E-state index is 12.5. The summed E-state index contributed by atoms with van der Waals surface area (Å²) in [6.07, 6.45) is 29.2. The van der Waals surface area contributed by atoms with Crippen LogP contribution in [-0.2, 0) is 6.42 Å². The van der Waals surface area contributed by atoms with Crippen molar-refractivity contribution in [2.45, 2.75) is 121 Å². The van der Waals surface area contributed by atoms with E-state index < -0.39 is 0 Å². The molecule has 198 valence electrons. The lowest BCUT2D eigenvalue weighted by Crippen LogP contribution is -1.95. The monoisotopic (exact) mass is 506 g/mol. The van der Waals surface area contributed by atoms with E-state index in [1.54, 1.807) is 17.8 Å². The zero-order chi connectivity index (χ0) is 25.7. The highest BCUT2D eigenvalue weighted by Crippen LogP contribution is 2.17. The number of benzene rings is 2. The van der Waals surface area contributed by atoms with Gasteiger partial charge >= 0.3 is 0 Å². The third kappa shape index (κ3) is 14.1. The van der Waals surface area contributed by atoms with Crippen molar-refractivity contribution in [3.63, 3.8) is 0 Å². The summed E-state index contributed by atoms with van der Waals surface area (Å²) < 4.78 is 0. The van der Waals surface area contributed by atoms with Gasteiger partial charge in [-0.25, -0.2) is 0 Å². The van der Waals surface area contributed by atoms with E-state index in [4.69, 9.17) is 0 Å². The van der Waals surface area contributed by atoms with Crippen molar-refractivity contribution >= 4 is 23.6 Å². The third-order valence-corrected chi connectivity index (χ3v) is 7.84. The van der Waals surface area contributed by atoms with Gasteiger partial charge in [-0.1, -0.05) is 146 Å². The Morgan fingerprint density at radius 2 is 1.11 bits per heavy atom. The van der Waals surface area contributed by atoms with Crippen LogP contribution in [0.3, 0.4) is 0 Å². The van der Waals surface area contributed by atoms with Gasteiger partial charge in [-0.15, -0.1) is 11.8 Å². The lowest BCUT2D eigenvalue weighted by atomic mass is 10.0. The molecular formula is C34H50OS. The molecule has 0 N–H and O–H groups in total. The van der Waals surface area contributed by atoms with Crippen LogP contribution in [-0.4, -0.2) is 12.0 Å². The van der Waals surface area contributed by atoms with E-state index in [9.17, 15) is 4.79 Å². The average Bonchev–Trinajstić information content (AvgIpc) is 2.92. The zero-order valence-electron chi connectivity index (χ0n) is 23.1. The van der Waals surface area contributed by atoms with E-state index in [1.165, 1.54) is 113 Å². The Balaban J connectivity index is 1.46. The highest BCUT2D eigenvalue weighted by Gasteiger charge is 2.02. The summed E-state index contributed by atoms with van der Waals surface area (Å²) in [5.41, 5.74) is 3.16. The molecule has 0 saturated heterocycles. The summed E-state index contributed by atoms with van der Waals surface area (Å²) in [6.45, 7) is 2.29. The first kappa shape index (κ1) is 30.4. The van der Waals surface area contributed by atoms with E-state index in [2.05, 4.69) is 49.6 Å². The van der Waals surface area contributed by atoms with Gasteiger partial charge in [-0.3, -0.25) is 4.79 Å². The number of carbonyl (C=O) groups is 1. The average molecular weight is 507 g/mol. The lowest BCUT2D eigenvalue weighted by Gasteiger charge is -2.04. The molecule has 2 rings (SSSR count). The predicted octanol–water partition coefficient (Wildman–Crippen LogP) is 11.1. The molecule has 36 heavy (non-hydrogen) atoms. The van der Waals surface area contributed by atoms with Gasteiger partial charge in [0, 0.05) is 10.5 Å². The molecule has 2 aromatic carbocycles. The van der Waals surface area contributed by atoms with Crippen molar-refractivity contribution in [1.82, 2.24) is 0 Å². The minimum absolute atomic E-state index is 0.0675. The summed E-state index contributed by atoms with van der Waals surface area (Å²) in [4.78, 5) is 13.7. The first-order valence-electron chi connectivity index (χ1n) is 14.7. The fourth-order valence-corrected chi connectivity index (χ4v) is 5.10. The van der Waals surface area contributed by atoms with E-state index in [1.807, 2.05) is 18.2 Å². The van der Waals surface area contributed by atoms with Crippen molar-refractivity contribution < 1.29 is 4.79 Å². The Labute approximate surface area is 226 Å². The molecule has 0 aliphatic heterocycles. The predicted molar refractivity (Wildman–Crippen MR) is 161 cm³/mol. The lowest BCUT2D eigenvalue weighted by molar-refractivity contribution is 0.104. The van der Waals surface area contributed by atoms with E-state index in [-0.39, 0.29) is 5.78 Å². The number of hydrogen-bond acceptors (Lipinski definition) is 2. The van der Waals surface area contributed by atoms with Crippen LogP contribution in [0.15, 0.2) is 59.5 Å². The topological polar surface area (TPSA) is 17.1 Å². The Morgan fingerprint density at radius 3 is 1.58 bits per heavy atom. The zero-order valence-corrected chi connectivity index (χ0v) is 23.9. The minimum atomic E-state index is 0.0675. The van der Waals surface area contributed by atoms with Gasteiger partial charge in [-0.2, -0.15) is 0 Å². The molecule has 0 radical (unpaired) electrons. The molecule has 0 aliphatic rings. The normalized spacial score (nSPS) is 11.4. The highest BCUT2D eigenvalue weighted by atomic mass is 32.2. The molecule has 0 heterocycles. The molecule has 0 saturated carbocycles. The molecule has 0 bridgehead atoms. The minimum Gasteiger partial charge on any atom is -0.289 e. The largest absolute Gasteiger partial charge is 0.289 e. The van der Waals surface area contributed by atoms with Crippen LogP contribution in [0.1, 0.15) is 131 Å². The molecule has 0 aliphatic carbocycles. The Bertz CT molecular complexity index is 834. The van der Waals surface area contributed by atoms with Crippen LogP contribution < -0.4 is 0 Å².